The fourth-order valence-electron chi connectivity index (χ4n) is 7.60. The van der Waals surface area contributed by atoms with Crippen LogP contribution in [0.2, 0.25) is 5.02 Å². The number of carbonyl (C=O) groups is 5. The number of nitrogens with one attached hydrogen (secondary N) is 2. The van der Waals surface area contributed by atoms with Gasteiger partial charge in [0.1, 0.15) is 59.8 Å². The minimum Gasteiger partial charge on any atom is -0.492 e. The van der Waals surface area contributed by atoms with Gasteiger partial charge >= 0.3 is 0 Å². The molecule has 336 valence electrons. The second kappa shape index (κ2) is 20.7. The predicted octanol–water partition coefficient (Wildman–Crippen LogP) is 1.70. The molecular weight excluding hydrogens is 846 g/mol. The molecule has 3 aliphatic heterocycles. The van der Waals surface area contributed by atoms with Gasteiger partial charge in [0.2, 0.25) is 11.8 Å². The zero-order chi connectivity index (χ0) is 44.6. The normalized spacial score (nSPS) is 21.5. The topological polar surface area (TPSA) is 276 Å². The summed E-state index contributed by atoms with van der Waals surface area (Å²) in [6.07, 6.45) is -2.55. The number of imide groups is 2. The Hall–Kier alpha value is -5.58. The Morgan fingerprint density at radius 1 is 0.952 bits per heavy atom. The summed E-state index contributed by atoms with van der Waals surface area (Å²) >= 11 is 6.35. The van der Waals surface area contributed by atoms with Crippen LogP contribution in [0, 0.1) is 0 Å². The van der Waals surface area contributed by atoms with E-state index in [-0.39, 0.29) is 85.6 Å². The number of ketones is 1. The van der Waals surface area contributed by atoms with E-state index >= 15 is 0 Å². The highest BCUT2D eigenvalue weighted by Crippen LogP contribution is 2.39. The van der Waals surface area contributed by atoms with E-state index < -0.39 is 60.3 Å². The molecule has 1 unspecified atom stereocenters. The van der Waals surface area contributed by atoms with Crippen LogP contribution >= 0.6 is 11.6 Å². The lowest BCUT2D eigenvalue weighted by Crippen LogP contribution is -2.54. The van der Waals surface area contributed by atoms with Gasteiger partial charge in [-0.2, -0.15) is 0 Å². The summed E-state index contributed by atoms with van der Waals surface area (Å²) in [6, 6.07) is 10.1. The van der Waals surface area contributed by atoms with Crippen molar-refractivity contribution in [3.8, 4) is 5.75 Å². The van der Waals surface area contributed by atoms with E-state index in [1.165, 1.54) is 29.1 Å². The molecule has 5 heterocycles. The van der Waals surface area contributed by atoms with E-state index in [0.717, 1.165) is 4.90 Å². The van der Waals surface area contributed by atoms with Gasteiger partial charge in [-0.25, -0.2) is 9.97 Å². The van der Waals surface area contributed by atoms with E-state index in [1.54, 1.807) is 30.5 Å². The zero-order valence-corrected chi connectivity index (χ0v) is 34.8. The second-order valence-electron chi connectivity index (χ2n) is 15.0. The first-order valence-electron chi connectivity index (χ1n) is 20.5. The van der Waals surface area contributed by atoms with Crippen LogP contribution in [-0.2, 0) is 33.3 Å². The average Bonchev–Trinajstić information content (AvgIpc) is 3.91. The maximum absolute atomic E-state index is 13.2. The second-order valence-corrected chi connectivity index (χ2v) is 15.4. The number of piperidine rings is 1. The lowest BCUT2D eigenvalue weighted by molar-refractivity contribution is -0.136. The molecule has 2 aromatic carbocycles. The Balaban J connectivity index is 0.729. The van der Waals surface area contributed by atoms with Gasteiger partial charge in [-0.15, -0.1) is 0 Å². The van der Waals surface area contributed by atoms with Gasteiger partial charge in [0.05, 0.1) is 67.8 Å². The standard InChI is InChI=1S/C42H48ClN7O13/c43-27-7-6-23(33(53)36-34(54)35(55)42(63-36)49-13-10-26-37(44)46-22-47-38(26)49)21-30(27)62-14-2-3-24(51)11-15-59-17-19-61-20-18-60-16-12-45-28-5-1-4-25-32(28)41(58)50(40(25)57)29-8-9-31(52)48-39(29)56/h1,4-7,10,13,21-22,29,33-36,42,45,53-55H,2-3,8-9,11-12,14-20H2,(H2,44,46,47)(H,48,52,56)/t29?,33-,34+,35-,36-,42-/m1/s1. The number of anilines is 2. The van der Waals surface area contributed by atoms with Gasteiger partial charge < -0.3 is 54.6 Å². The average molecular weight is 894 g/mol. The summed E-state index contributed by atoms with van der Waals surface area (Å²) in [5.74, 6) is -1.76. The van der Waals surface area contributed by atoms with E-state index in [2.05, 4.69) is 20.6 Å². The summed E-state index contributed by atoms with van der Waals surface area (Å²) < 4.78 is 30.0. The maximum atomic E-state index is 13.2. The number of nitrogen functional groups attached to an aromatic ring is 1. The van der Waals surface area contributed by atoms with Gasteiger partial charge in [-0.05, 0) is 48.7 Å². The smallest absolute Gasteiger partial charge is 0.264 e. The SMILES string of the molecule is Nc1ncnc2c1ccn2[C@@H]1O[C@H]([C@H](O)c2ccc(Cl)c(OCCCC(=O)CCOCCOCCOCCNc3cccc4c3C(=O)N(C3CCC(=O)NC3=O)C4=O)c2)[C@@H](O)[C@H]1O. The number of nitrogens with zero attached hydrogens (tertiary/aromatic N) is 4. The highest BCUT2D eigenvalue weighted by molar-refractivity contribution is 6.32. The van der Waals surface area contributed by atoms with Crippen molar-refractivity contribution in [2.45, 2.75) is 68.8 Å². The number of Topliss-reactive ketones (excluding diaryl/α,β-unsaturated/α-hetero) is 1. The molecule has 2 saturated heterocycles. The largest absolute Gasteiger partial charge is 0.492 e. The van der Waals surface area contributed by atoms with E-state index in [1.807, 2.05) is 0 Å². The third-order valence-electron chi connectivity index (χ3n) is 10.9. The van der Waals surface area contributed by atoms with E-state index in [9.17, 15) is 39.3 Å². The molecule has 0 radical (unpaired) electrons. The number of amides is 4. The molecule has 4 aromatic rings. The van der Waals surface area contributed by atoms with Crippen molar-refractivity contribution >= 4 is 63.6 Å². The summed E-state index contributed by atoms with van der Waals surface area (Å²) in [5.41, 5.74) is 7.47. The number of aliphatic hydroxyl groups excluding tert-OH is 3. The molecule has 4 amide bonds. The molecule has 6 atom stereocenters. The highest BCUT2D eigenvalue weighted by Gasteiger charge is 2.48. The number of aliphatic hydroxyl groups is 3. The van der Waals surface area contributed by atoms with Crippen LogP contribution < -0.4 is 21.1 Å². The van der Waals surface area contributed by atoms with Crippen LogP contribution in [-0.4, -0.2) is 141 Å². The molecule has 0 bridgehead atoms. The first-order chi connectivity index (χ1) is 30.4. The van der Waals surface area contributed by atoms with Gasteiger partial charge in [0.15, 0.2) is 6.23 Å². The monoisotopic (exact) mass is 893 g/mol. The molecule has 0 spiro atoms. The van der Waals surface area contributed by atoms with Gasteiger partial charge in [0, 0.05) is 37.7 Å². The molecule has 21 heteroatoms. The highest BCUT2D eigenvalue weighted by atomic mass is 35.5. The lowest BCUT2D eigenvalue weighted by atomic mass is 9.99. The quantitative estimate of drug-likeness (QED) is 0.0484. The third-order valence-corrected chi connectivity index (χ3v) is 11.2. The Kier molecular flexibility index (Phi) is 15.0. The number of nitrogens with two attached hydrogens (primary N) is 1. The van der Waals surface area contributed by atoms with Gasteiger partial charge in [-0.3, -0.25) is 34.2 Å². The Morgan fingerprint density at radius 3 is 2.49 bits per heavy atom. The van der Waals surface area contributed by atoms with Crippen LogP contribution in [0.3, 0.4) is 0 Å². The zero-order valence-electron chi connectivity index (χ0n) is 34.0. The Morgan fingerprint density at radius 2 is 1.71 bits per heavy atom. The van der Waals surface area contributed by atoms with Crippen LogP contribution in [0.1, 0.15) is 70.7 Å². The van der Waals surface area contributed by atoms with E-state index in [4.69, 9.17) is 41.0 Å². The maximum Gasteiger partial charge on any atom is 0.264 e. The summed E-state index contributed by atoms with van der Waals surface area (Å²) in [4.78, 5) is 71.6. The molecule has 63 heavy (non-hydrogen) atoms. The molecule has 7 N–H and O–H groups in total. The number of aromatic nitrogens is 3. The fourth-order valence-corrected chi connectivity index (χ4v) is 7.77. The molecule has 0 aliphatic carbocycles. The number of ether oxygens (including phenoxy) is 5. The number of hydrogen-bond donors (Lipinski definition) is 6. The van der Waals surface area contributed by atoms with Crippen molar-refractivity contribution in [1.29, 1.82) is 0 Å². The van der Waals surface area contributed by atoms with Crippen molar-refractivity contribution in [1.82, 2.24) is 24.8 Å². The first-order valence-corrected chi connectivity index (χ1v) is 20.8. The predicted molar refractivity (Wildman–Crippen MR) is 223 cm³/mol. The van der Waals surface area contributed by atoms with Crippen molar-refractivity contribution in [3.63, 3.8) is 0 Å². The number of carbonyl (C=O) groups excluding carboxylic acids is 5. The molecule has 0 saturated carbocycles. The van der Waals surface area contributed by atoms with Crippen LogP contribution in [0.25, 0.3) is 11.0 Å². The molecule has 2 fully saturated rings. The minimum absolute atomic E-state index is 0.00929. The van der Waals surface area contributed by atoms with Crippen LogP contribution in [0.15, 0.2) is 55.0 Å². The van der Waals surface area contributed by atoms with Gasteiger partial charge in [0.25, 0.3) is 11.8 Å². The molecule has 20 nitrogen and oxygen atoms in total. The minimum atomic E-state index is -1.44. The number of hydrogen-bond acceptors (Lipinski definition) is 17. The van der Waals surface area contributed by atoms with E-state index in [0.29, 0.717) is 55.1 Å². The molecule has 3 aliphatic rings. The summed E-state index contributed by atoms with van der Waals surface area (Å²) in [5, 5.41) is 39.0. The molecule has 7 rings (SSSR count). The molecular formula is C42H48ClN7O13. The van der Waals surface area contributed by atoms with Crippen molar-refractivity contribution in [3.05, 3.63) is 76.7 Å². The lowest BCUT2D eigenvalue weighted by Gasteiger charge is -2.27. The van der Waals surface area contributed by atoms with Crippen molar-refractivity contribution in [2.24, 2.45) is 0 Å². The Labute approximate surface area is 365 Å². The van der Waals surface area contributed by atoms with Crippen LogP contribution in [0.4, 0.5) is 11.5 Å². The first kappa shape index (κ1) is 45.4. The van der Waals surface area contributed by atoms with Crippen LogP contribution in [0.5, 0.6) is 5.75 Å². The molecule has 2 aromatic heterocycles. The Bertz CT molecular complexity index is 2330. The number of benzene rings is 2. The number of halogens is 1. The van der Waals surface area contributed by atoms with Crippen molar-refractivity contribution in [2.75, 3.05) is 63.8 Å². The third kappa shape index (κ3) is 10.3. The summed E-state index contributed by atoms with van der Waals surface area (Å²) in [7, 11) is 0. The van der Waals surface area contributed by atoms with Crippen molar-refractivity contribution < 1.29 is 63.0 Å². The fraction of sp³-hybridized carbons (Fsp3) is 0.452. The number of fused-ring (bicyclic) bond motifs is 2. The summed E-state index contributed by atoms with van der Waals surface area (Å²) in [6.45, 7) is 2.22. The number of rotatable bonds is 22. The van der Waals surface area contributed by atoms with Gasteiger partial charge in [-0.1, -0.05) is 23.7 Å².